The van der Waals surface area contributed by atoms with Crippen molar-refractivity contribution >= 4 is 16.0 Å². The van der Waals surface area contributed by atoms with Crippen molar-refractivity contribution in [1.82, 2.24) is 0 Å². The zero-order chi connectivity index (χ0) is 14.8. The second-order valence-electron chi connectivity index (χ2n) is 3.67. The number of benzene rings is 1. The lowest BCUT2D eigenvalue weighted by atomic mass is 10.1. The molecule has 0 fully saturated rings. The number of amides is 1. The molecule has 0 unspecified atom stereocenters. The second-order valence-corrected chi connectivity index (χ2v) is 5.29. The monoisotopic (exact) mass is 297 g/mol. The van der Waals surface area contributed by atoms with Crippen molar-refractivity contribution in [2.24, 2.45) is 5.73 Å². The summed E-state index contributed by atoms with van der Waals surface area (Å²) in [7, 11) is -4.59. The number of alkyl halides is 3. The fourth-order valence-electron chi connectivity index (χ4n) is 1.23. The molecular weight excluding hydrogens is 287 g/mol. The average molecular weight is 297 g/mol. The third kappa shape index (κ3) is 4.21. The molecule has 0 aliphatic heterocycles. The van der Waals surface area contributed by atoms with Crippen LogP contribution in [0.15, 0.2) is 23.1 Å². The molecule has 9 heteroatoms. The molecule has 5 nitrogen and oxygen atoms in total. The van der Waals surface area contributed by atoms with Gasteiger partial charge < -0.3 is 5.73 Å². The van der Waals surface area contributed by atoms with Crippen molar-refractivity contribution in [2.75, 3.05) is 6.61 Å². The molecule has 1 aromatic carbocycles. The van der Waals surface area contributed by atoms with Gasteiger partial charge in [-0.15, -0.1) is 0 Å². The molecule has 106 valence electrons. The van der Waals surface area contributed by atoms with Crippen LogP contribution in [-0.2, 0) is 14.3 Å². The van der Waals surface area contributed by atoms with Gasteiger partial charge in [-0.1, -0.05) is 6.07 Å². The first-order valence-electron chi connectivity index (χ1n) is 4.89. The molecule has 0 aromatic heterocycles. The molecule has 0 radical (unpaired) electrons. The highest BCUT2D eigenvalue weighted by atomic mass is 32.2. The van der Waals surface area contributed by atoms with Crippen LogP contribution in [0.3, 0.4) is 0 Å². The minimum atomic E-state index is -4.77. The molecule has 0 spiro atoms. The van der Waals surface area contributed by atoms with Crippen molar-refractivity contribution < 1.29 is 30.6 Å². The van der Waals surface area contributed by atoms with Crippen molar-refractivity contribution in [3.8, 4) is 0 Å². The first kappa shape index (κ1) is 15.4. The number of aryl methyl sites for hydroxylation is 1. The van der Waals surface area contributed by atoms with Gasteiger partial charge in [-0.2, -0.15) is 21.6 Å². The van der Waals surface area contributed by atoms with Gasteiger partial charge in [0.05, 0.1) is 4.90 Å². The van der Waals surface area contributed by atoms with Crippen LogP contribution in [0.25, 0.3) is 0 Å². The van der Waals surface area contributed by atoms with Crippen LogP contribution in [0.5, 0.6) is 0 Å². The Morgan fingerprint density at radius 3 is 2.42 bits per heavy atom. The first-order chi connectivity index (χ1) is 8.53. The fraction of sp³-hybridized carbons (Fsp3) is 0.300. The number of rotatable bonds is 4. The Hall–Kier alpha value is -1.61. The van der Waals surface area contributed by atoms with E-state index in [0.717, 1.165) is 12.1 Å². The fourth-order valence-corrected chi connectivity index (χ4v) is 2.16. The normalized spacial score (nSPS) is 12.4. The lowest BCUT2D eigenvalue weighted by Gasteiger charge is -2.09. The third-order valence-corrected chi connectivity index (χ3v) is 3.40. The molecule has 0 atom stereocenters. The number of halogens is 3. The number of primary amides is 1. The van der Waals surface area contributed by atoms with Crippen LogP contribution in [0.4, 0.5) is 13.2 Å². The summed E-state index contributed by atoms with van der Waals surface area (Å²) in [5, 5.41) is 0. The van der Waals surface area contributed by atoms with Crippen LogP contribution in [0.2, 0.25) is 0 Å². The van der Waals surface area contributed by atoms with E-state index < -0.39 is 33.7 Å². The summed E-state index contributed by atoms with van der Waals surface area (Å²) in [6.07, 6.45) is -4.77. The van der Waals surface area contributed by atoms with E-state index in [-0.39, 0.29) is 5.56 Å². The number of carbonyl (C=O) groups is 1. The summed E-state index contributed by atoms with van der Waals surface area (Å²) in [6, 6.07) is 3.17. The molecule has 0 aliphatic carbocycles. The minimum Gasteiger partial charge on any atom is -0.366 e. The Morgan fingerprint density at radius 2 is 1.95 bits per heavy atom. The van der Waals surface area contributed by atoms with Crippen LogP contribution in [0, 0.1) is 6.92 Å². The van der Waals surface area contributed by atoms with Crippen LogP contribution in [-0.4, -0.2) is 27.1 Å². The second kappa shape index (κ2) is 5.17. The van der Waals surface area contributed by atoms with Gasteiger partial charge in [0.1, 0.15) is 0 Å². The van der Waals surface area contributed by atoms with Gasteiger partial charge in [0.15, 0.2) is 6.61 Å². The highest BCUT2D eigenvalue weighted by molar-refractivity contribution is 7.86. The molecule has 0 saturated heterocycles. The molecule has 1 amide bonds. The lowest BCUT2D eigenvalue weighted by molar-refractivity contribution is -0.152. The predicted octanol–water partition coefficient (Wildman–Crippen LogP) is 1.36. The Bertz CT molecular complexity index is 595. The maximum absolute atomic E-state index is 11.9. The molecule has 1 rings (SSSR count). The summed E-state index contributed by atoms with van der Waals surface area (Å²) in [5.41, 5.74) is 5.32. The van der Waals surface area contributed by atoms with Crippen molar-refractivity contribution in [3.05, 3.63) is 29.3 Å². The lowest BCUT2D eigenvalue weighted by Crippen LogP contribution is -2.21. The van der Waals surface area contributed by atoms with E-state index in [9.17, 15) is 26.4 Å². The van der Waals surface area contributed by atoms with E-state index in [0.29, 0.717) is 5.56 Å². The van der Waals surface area contributed by atoms with Gasteiger partial charge in [0, 0.05) is 5.56 Å². The van der Waals surface area contributed by atoms with Crippen molar-refractivity contribution in [3.63, 3.8) is 0 Å². The van der Waals surface area contributed by atoms with E-state index in [1.807, 2.05) is 0 Å². The number of hydrogen-bond acceptors (Lipinski definition) is 4. The van der Waals surface area contributed by atoms with Gasteiger partial charge in [-0.05, 0) is 24.6 Å². The van der Waals surface area contributed by atoms with Gasteiger partial charge in [0.25, 0.3) is 10.1 Å². The number of carbonyl (C=O) groups excluding carboxylic acids is 1. The number of nitrogens with two attached hydrogens (primary N) is 1. The smallest absolute Gasteiger partial charge is 0.366 e. The summed E-state index contributed by atoms with van der Waals surface area (Å²) < 4.78 is 62.6. The Labute approximate surface area is 107 Å². The Balaban J connectivity index is 3.09. The molecule has 2 N–H and O–H groups in total. The number of hydrogen-bond donors (Lipinski definition) is 1. The molecular formula is C10H10F3NO4S. The van der Waals surface area contributed by atoms with Gasteiger partial charge in [-0.25, -0.2) is 0 Å². The SMILES string of the molecule is Cc1ccc(S(=O)(=O)OCC(F)(F)F)cc1C(N)=O. The van der Waals surface area contributed by atoms with E-state index in [2.05, 4.69) is 4.18 Å². The maximum atomic E-state index is 11.9. The first-order valence-corrected chi connectivity index (χ1v) is 6.30. The van der Waals surface area contributed by atoms with Crippen molar-refractivity contribution in [1.29, 1.82) is 0 Å². The predicted molar refractivity (Wildman–Crippen MR) is 58.9 cm³/mol. The highest BCUT2D eigenvalue weighted by Crippen LogP contribution is 2.21. The largest absolute Gasteiger partial charge is 0.413 e. The van der Waals surface area contributed by atoms with Crippen LogP contribution >= 0.6 is 0 Å². The molecule has 0 aliphatic rings. The van der Waals surface area contributed by atoms with Crippen LogP contribution < -0.4 is 5.73 Å². The third-order valence-electron chi connectivity index (χ3n) is 2.14. The van der Waals surface area contributed by atoms with E-state index in [1.165, 1.54) is 13.0 Å². The standard InChI is InChI=1S/C10H10F3NO4S/c1-6-2-3-7(4-8(6)9(14)15)19(16,17)18-5-10(11,12)13/h2-4H,5H2,1H3,(H2,14,15). The molecule has 0 bridgehead atoms. The van der Waals surface area contributed by atoms with E-state index >= 15 is 0 Å². The van der Waals surface area contributed by atoms with Gasteiger partial charge in [-0.3, -0.25) is 8.98 Å². The van der Waals surface area contributed by atoms with E-state index in [4.69, 9.17) is 5.73 Å². The molecule has 0 heterocycles. The Kier molecular flexibility index (Phi) is 4.21. The highest BCUT2D eigenvalue weighted by Gasteiger charge is 2.31. The quantitative estimate of drug-likeness (QED) is 0.850. The van der Waals surface area contributed by atoms with Gasteiger partial charge >= 0.3 is 6.18 Å². The van der Waals surface area contributed by atoms with Crippen molar-refractivity contribution in [2.45, 2.75) is 18.0 Å². The molecule has 0 saturated carbocycles. The summed E-state index contributed by atoms with van der Waals surface area (Å²) in [6.45, 7) is -0.428. The summed E-state index contributed by atoms with van der Waals surface area (Å²) in [4.78, 5) is 10.5. The average Bonchev–Trinajstić information content (AvgIpc) is 2.25. The van der Waals surface area contributed by atoms with E-state index in [1.54, 1.807) is 0 Å². The molecule has 19 heavy (non-hydrogen) atoms. The minimum absolute atomic E-state index is 0.100. The summed E-state index contributed by atoms with van der Waals surface area (Å²) in [5.74, 6) is -0.884. The topological polar surface area (TPSA) is 86.5 Å². The van der Waals surface area contributed by atoms with Crippen LogP contribution in [0.1, 0.15) is 15.9 Å². The van der Waals surface area contributed by atoms with Gasteiger partial charge in [0.2, 0.25) is 5.91 Å². The molecule has 1 aromatic rings. The Morgan fingerprint density at radius 1 is 1.37 bits per heavy atom. The maximum Gasteiger partial charge on any atom is 0.413 e. The summed E-state index contributed by atoms with van der Waals surface area (Å²) >= 11 is 0. The zero-order valence-electron chi connectivity index (χ0n) is 9.69. The zero-order valence-corrected chi connectivity index (χ0v) is 10.5.